The van der Waals surface area contributed by atoms with Crippen LogP contribution in [0.3, 0.4) is 0 Å². The van der Waals surface area contributed by atoms with Crippen molar-refractivity contribution in [1.29, 1.82) is 0 Å². The highest BCUT2D eigenvalue weighted by Crippen LogP contribution is 2.22. The summed E-state index contributed by atoms with van der Waals surface area (Å²) in [5, 5.41) is 18.7. The minimum absolute atomic E-state index is 0.0332. The number of aromatic nitrogens is 3. The lowest BCUT2D eigenvalue weighted by Crippen LogP contribution is -2.41. The number of Topliss-reactive ketones (excluding diaryl/α,β-unsaturated/α-hetero) is 1. The summed E-state index contributed by atoms with van der Waals surface area (Å²) < 4.78 is 32.6. The lowest BCUT2D eigenvalue weighted by atomic mass is 9.94. The summed E-state index contributed by atoms with van der Waals surface area (Å²) in [7, 11) is 0. The maximum Gasteiger partial charge on any atom is 0.386 e. The molecule has 0 saturated carbocycles. The molecule has 0 unspecified atom stereocenters. The first-order valence-corrected chi connectivity index (χ1v) is 8.98. The van der Waals surface area contributed by atoms with Gasteiger partial charge in [0.05, 0.1) is 18.6 Å². The molecule has 0 bridgehead atoms. The van der Waals surface area contributed by atoms with Crippen molar-refractivity contribution < 1.29 is 23.1 Å². The number of alkyl halides is 3. The summed E-state index contributed by atoms with van der Waals surface area (Å²) in [5.41, 5.74) is 2.09. The second-order valence-corrected chi connectivity index (χ2v) is 7.12. The number of aryl methyl sites for hydroxylation is 1. The van der Waals surface area contributed by atoms with Crippen LogP contribution in [0.1, 0.15) is 25.0 Å². The van der Waals surface area contributed by atoms with Gasteiger partial charge in [-0.2, -0.15) is 13.2 Å². The summed E-state index contributed by atoms with van der Waals surface area (Å²) in [4.78, 5) is 16.0. The normalized spacial score (nSPS) is 13.1. The monoisotopic (exact) mass is 418 g/mol. The Morgan fingerprint density at radius 3 is 2.43 bits per heavy atom. The molecule has 6 nitrogen and oxygen atoms in total. The Hall–Kier alpha value is -3.25. The molecular formula is C21H21F3N4O2. The highest BCUT2D eigenvalue weighted by atomic mass is 19.4. The van der Waals surface area contributed by atoms with Crippen molar-refractivity contribution in [3.63, 3.8) is 0 Å². The number of nitrogens with zero attached hydrogens (tertiary/aromatic N) is 4. The van der Waals surface area contributed by atoms with Crippen LogP contribution >= 0.6 is 0 Å². The molecule has 1 atom stereocenters. The Morgan fingerprint density at radius 1 is 1.20 bits per heavy atom. The van der Waals surface area contributed by atoms with Gasteiger partial charge in [0, 0.05) is 13.3 Å². The van der Waals surface area contributed by atoms with Gasteiger partial charge in [-0.3, -0.25) is 4.79 Å². The molecule has 0 aliphatic heterocycles. The number of halogens is 3. The first-order valence-electron chi connectivity index (χ1n) is 8.98. The van der Waals surface area contributed by atoms with E-state index in [9.17, 15) is 23.1 Å². The smallest absolute Gasteiger partial charge is 0.380 e. The van der Waals surface area contributed by atoms with Crippen LogP contribution in [0.2, 0.25) is 0 Å². The van der Waals surface area contributed by atoms with E-state index in [0.717, 1.165) is 22.2 Å². The van der Waals surface area contributed by atoms with Gasteiger partial charge >= 0.3 is 6.18 Å². The van der Waals surface area contributed by atoms with E-state index in [1.54, 1.807) is 16.8 Å². The molecule has 0 aliphatic carbocycles. The number of aliphatic hydroxyl groups is 1. The molecule has 0 saturated heterocycles. The maximum atomic E-state index is 12.6. The number of ketones is 1. The molecule has 0 fully saturated rings. The summed E-state index contributed by atoms with van der Waals surface area (Å²) in [6.45, 7) is 10.6. The first-order chi connectivity index (χ1) is 13.9. The summed E-state index contributed by atoms with van der Waals surface area (Å²) in [5.74, 6) is -0.304. The minimum Gasteiger partial charge on any atom is -0.380 e. The van der Waals surface area contributed by atoms with Crippen molar-refractivity contribution in [2.24, 2.45) is 0 Å². The largest absolute Gasteiger partial charge is 0.386 e. The molecule has 2 aromatic carbocycles. The number of rotatable bonds is 5. The number of carbonyl (C=O) groups excluding carboxylic acids is 1. The lowest BCUT2D eigenvalue weighted by Gasteiger charge is -2.22. The van der Waals surface area contributed by atoms with Gasteiger partial charge in [0.25, 0.3) is 0 Å². The predicted octanol–water partition coefficient (Wildman–Crippen LogP) is 4.42. The Balaban J connectivity index is 0.000000575. The van der Waals surface area contributed by atoms with E-state index >= 15 is 0 Å². The van der Waals surface area contributed by atoms with Crippen molar-refractivity contribution in [3.8, 4) is 0 Å². The highest BCUT2D eigenvalue weighted by Gasteiger charge is 2.31. The quantitative estimate of drug-likeness (QED) is 0.623. The Bertz CT molecular complexity index is 1080. The Morgan fingerprint density at radius 2 is 1.83 bits per heavy atom. The van der Waals surface area contributed by atoms with E-state index in [1.807, 2.05) is 37.3 Å². The zero-order chi connectivity index (χ0) is 22.5. The van der Waals surface area contributed by atoms with Gasteiger partial charge in [-0.25, -0.2) is 9.53 Å². The summed E-state index contributed by atoms with van der Waals surface area (Å²) in [6, 6.07) is 12.7. The molecular weight excluding hydrogens is 397 g/mol. The van der Waals surface area contributed by atoms with Gasteiger partial charge in [-0.1, -0.05) is 35.5 Å². The first kappa shape index (κ1) is 23.0. The fourth-order valence-corrected chi connectivity index (χ4v) is 2.74. The van der Waals surface area contributed by atoms with E-state index in [2.05, 4.69) is 15.2 Å². The van der Waals surface area contributed by atoms with E-state index in [1.165, 1.54) is 6.92 Å². The second kappa shape index (κ2) is 9.05. The zero-order valence-corrected chi connectivity index (χ0v) is 16.7. The average Bonchev–Trinajstić information content (AvgIpc) is 3.03. The number of fused-ring (bicyclic) bond motifs is 1. The van der Waals surface area contributed by atoms with Crippen LogP contribution in [-0.2, 0) is 17.8 Å². The number of hydrogen-bond donors (Lipinski definition) is 1. The van der Waals surface area contributed by atoms with Gasteiger partial charge in [-0.15, -0.1) is 5.10 Å². The number of para-hydroxylation sites is 1. The number of hydrogen-bond acceptors (Lipinski definition) is 4. The van der Waals surface area contributed by atoms with Crippen molar-refractivity contribution in [2.75, 3.05) is 0 Å². The molecule has 0 spiro atoms. The van der Waals surface area contributed by atoms with Crippen LogP contribution in [0.5, 0.6) is 0 Å². The molecule has 158 valence electrons. The van der Waals surface area contributed by atoms with Gasteiger partial charge < -0.3 is 5.11 Å². The lowest BCUT2D eigenvalue weighted by molar-refractivity contribution is -0.136. The second-order valence-electron chi connectivity index (χ2n) is 7.12. The summed E-state index contributed by atoms with van der Waals surface area (Å²) >= 11 is 0. The number of benzene rings is 2. The Labute approximate surface area is 171 Å². The number of carbonyl (C=O) groups is 1. The molecule has 1 aromatic heterocycles. The summed E-state index contributed by atoms with van der Waals surface area (Å²) in [6.07, 6.45) is -3.90. The van der Waals surface area contributed by atoms with Crippen LogP contribution in [0.15, 0.2) is 42.5 Å². The molecule has 0 amide bonds. The van der Waals surface area contributed by atoms with Crippen molar-refractivity contribution in [1.82, 2.24) is 15.0 Å². The SMILES string of the molecule is CC(F)(F)F.[C-]#[N+]c1ccc(CC(=O)[C@@](C)(O)Cn2nnc3ccccc32)cc1C. The van der Waals surface area contributed by atoms with Crippen LogP contribution in [0, 0.1) is 13.5 Å². The third-order valence-corrected chi connectivity index (χ3v) is 4.22. The highest BCUT2D eigenvalue weighted by molar-refractivity contribution is 5.88. The van der Waals surface area contributed by atoms with Gasteiger partial charge in [-0.05, 0) is 37.1 Å². The molecule has 30 heavy (non-hydrogen) atoms. The van der Waals surface area contributed by atoms with Crippen LogP contribution in [0.4, 0.5) is 18.9 Å². The third-order valence-electron chi connectivity index (χ3n) is 4.22. The molecule has 3 rings (SSSR count). The van der Waals surface area contributed by atoms with E-state index in [-0.39, 0.29) is 25.7 Å². The van der Waals surface area contributed by atoms with E-state index < -0.39 is 11.8 Å². The fourth-order valence-electron chi connectivity index (χ4n) is 2.74. The van der Waals surface area contributed by atoms with Crippen LogP contribution in [0.25, 0.3) is 15.9 Å². The van der Waals surface area contributed by atoms with Gasteiger partial charge in [0.1, 0.15) is 11.1 Å². The van der Waals surface area contributed by atoms with Crippen molar-refractivity contribution in [2.45, 2.75) is 45.5 Å². The van der Waals surface area contributed by atoms with Crippen molar-refractivity contribution in [3.05, 3.63) is 65.0 Å². The average molecular weight is 418 g/mol. The molecule has 3 aromatic rings. The molecule has 0 radical (unpaired) electrons. The van der Waals surface area contributed by atoms with Crippen LogP contribution in [-0.4, -0.2) is 37.7 Å². The predicted molar refractivity (Wildman–Crippen MR) is 106 cm³/mol. The zero-order valence-electron chi connectivity index (χ0n) is 16.7. The van der Waals surface area contributed by atoms with Gasteiger partial charge in [0.15, 0.2) is 11.5 Å². The van der Waals surface area contributed by atoms with E-state index in [4.69, 9.17) is 6.57 Å². The minimum atomic E-state index is -4.00. The molecule has 1 N–H and O–H groups in total. The maximum absolute atomic E-state index is 12.6. The van der Waals surface area contributed by atoms with Crippen LogP contribution < -0.4 is 0 Å². The standard InChI is InChI=1S/C19H18N4O2.C2H3F3/c1-13-10-14(8-9-15(13)20-3)11-18(24)19(2,25)12-23-17-7-5-4-6-16(17)21-22-23;1-2(3,4)5/h4-10,25H,11-12H2,1-2H3;1H3/t19-;/m0./s1. The third kappa shape index (κ3) is 6.39. The topological polar surface area (TPSA) is 72.4 Å². The van der Waals surface area contributed by atoms with Crippen molar-refractivity contribution >= 4 is 22.5 Å². The van der Waals surface area contributed by atoms with Gasteiger partial charge in [0.2, 0.25) is 0 Å². The Kier molecular flexibility index (Phi) is 6.95. The molecule has 0 aliphatic rings. The molecule has 1 heterocycles. The fraction of sp³-hybridized carbons (Fsp3) is 0.333. The molecule has 9 heteroatoms. The van der Waals surface area contributed by atoms with E-state index in [0.29, 0.717) is 5.69 Å².